The van der Waals surface area contributed by atoms with Crippen LogP contribution in [-0.4, -0.2) is 43.8 Å². The van der Waals surface area contributed by atoms with Crippen LogP contribution in [0.25, 0.3) is 0 Å². The number of benzene rings is 1. The number of amides is 1. The third kappa shape index (κ3) is 4.49. The molecule has 1 rings (SSSR count). The molecule has 0 saturated carbocycles. The standard InChI is InChI=1S/C14H22ClN3O3/c1-4-18(20,5-2)7-6-17-14(19)10-8-11(15)12(16)9-13(10)21-3/h8-9H,4-7,16H2,1-3H3,(H,17,19). The van der Waals surface area contributed by atoms with Crippen molar-refractivity contribution >= 4 is 23.2 Å². The Kier molecular flexibility index (Phi) is 6.26. The smallest absolute Gasteiger partial charge is 0.255 e. The fourth-order valence-electron chi connectivity index (χ4n) is 1.92. The van der Waals surface area contributed by atoms with Crippen molar-refractivity contribution in [1.82, 2.24) is 5.32 Å². The minimum Gasteiger partial charge on any atom is -0.633 e. The molecule has 0 unspecified atom stereocenters. The van der Waals surface area contributed by atoms with Crippen LogP contribution in [0.3, 0.4) is 0 Å². The Morgan fingerprint density at radius 2 is 2.05 bits per heavy atom. The lowest BCUT2D eigenvalue weighted by atomic mass is 10.1. The van der Waals surface area contributed by atoms with E-state index in [2.05, 4.69) is 5.32 Å². The van der Waals surface area contributed by atoms with Crippen molar-refractivity contribution < 1.29 is 14.2 Å². The summed E-state index contributed by atoms with van der Waals surface area (Å²) in [5.41, 5.74) is 6.32. The van der Waals surface area contributed by atoms with Gasteiger partial charge in [-0.1, -0.05) is 11.6 Å². The van der Waals surface area contributed by atoms with Gasteiger partial charge in [0.2, 0.25) is 0 Å². The monoisotopic (exact) mass is 315 g/mol. The van der Waals surface area contributed by atoms with Crippen molar-refractivity contribution in [2.75, 3.05) is 39.0 Å². The molecule has 7 heteroatoms. The number of hydrogen-bond donors (Lipinski definition) is 2. The maximum Gasteiger partial charge on any atom is 0.255 e. The molecule has 118 valence electrons. The Labute approximate surface area is 130 Å². The first kappa shape index (κ1) is 17.6. The molecule has 0 heterocycles. The molecule has 3 N–H and O–H groups in total. The van der Waals surface area contributed by atoms with Crippen molar-refractivity contribution in [1.29, 1.82) is 0 Å². The number of methoxy groups -OCH3 is 1. The minimum absolute atomic E-state index is 0.287. The number of nitrogens with one attached hydrogen (secondary N) is 1. The zero-order valence-corrected chi connectivity index (χ0v) is 13.4. The number of carbonyl (C=O) groups excluding carboxylic acids is 1. The van der Waals surface area contributed by atoms with Gasteiger partial charge in [0.05, 0.1) is 49.6 Å². The fraction of sp³-hybridized carbons (Fsp3) is 0.500. The zero-order valence-electron chi connectivity index (χ0n) is 12.6. The maximum absolute atomic E-state index is 12.2. The van der Waals surface area contributed by atoms with E-state index in [9.17, 15) is 10.0 Å². The summed E-state index contributed by atoms with van der Waals surface area (Å²) in [4.78, 5) is 12.2. The lowest BCUT2D eigenvalue weighted by Crippen LogP contribution is -2.46. The summed E-state index contributed by atoms with van der Waals surface area (Å²) in [5.74, 6) is 0.00997. The SMILES string of the molecule is CC[N+]([O-])(CC)CCNC(=O)c1cc(Cl)c(N)cc1OC. The van der Waals surface area contributed by atoms with Gasteiger partial charge in [0, 0.05) is 6.07 Å². The van der Waals surface area contributed by atoms with Crippen LogP contribution in [0.1, 0.15) is 24.2 Å². The van der Waals surface area contributed by atoms with E-state index < -0.39 is 0 Å². The Hall–Kier alpha value is -1.50. The van der Waals surface area contributed by atoms with Crippen molar-refractivity contribution in [3.63, 3.8) is 0 Å². The van der Waals surface area contributed by atoms with Gasteiger partial charge in [-0.15, -0.1) is 0 Å². The predicted molar refractivity (Wildman–Crippen MR) is 84.3 cm³/mol. The van der Waals surface area contributed by atoms with E-state index in [0.29, 0.717) is 36.6 Å². The minimum atomic E-state index is -0.340. The second-order valence-electron chi connectivity index (χ2n) is 4.74. The fourth-order valence-corrected chi connectivity index (χ4v) is 2.09. The molecule has 0 spiro atoms. The molecular formula is C14H22ClN3O3. The van der Waals surface area contributed by atoms with Crippen LogP contribution < -0.4 is 15.8 Å². The first-order chi connectivity index (χ1) is 9.86. The number of anilines is 1. The Bertz CT molecular complexity index is 504. The molecule has 0 radical (unpaired) electrons. The van der Waals surface area contributed by atoms with Crippen molar-refractivity contribution in [3.8, 4) is 5.75 Å². The summed E-state index contributed by atoms with van der Waals surface area (Å²) in [6.07, 6.45) is 0. The van der Waals surface area contributed by atoms with Crippen LogP contribution in [0.2, 0.25) is 5.02 Å². The molecule has 0 aliphatic heterocycles. The lowest BCUT2D eigenvalue weighted by molar-refractivity contribution is -0.875. The number of hydrogen-bond acceptors (Lipinski definition) is 4. The summed E-state index contributed by atoms with van der Waals surface area (Å²) >= 11 is 5.92. The number of ether oxygens (including phenoxy) is 1. The topological polar surface area (TPSA) is 87.4 Å². The highest BCUT2D eigenvalue weighted by atomic mass is 35.5. The van der Waals surface area contributed by atoms with Crippen LogP contribution >= 0.6 is 11.6 Å². The van der Waals surface area contributed by atoms with Gasteiger partial charge in [-0.25, -0.2) is 0 Å². The Morgan fingerprint density at radius 1 is 1.43 bits per heavy atom. The van der Waals surface area contributed by atoms with E-state index in [1.165, 1.54) is 19.2 Å². The van der Waals surface area contributed by atoms with Gasteiger partial charge in [-0.2, -0.15) is 0 Å². The number of nitrogen functional groups attached to an aromatic ring is 1. The Morgan fingerprint density at radius 3 is 2.57 bits per heavy atom. The highest BCUT2D eigenvalue weighted by molar-refractivity contribution is 6.33. The van der Waals surface area contributed by atoms with Crippen LogP contribution in [-0.2, 0) is 0 Å². The lowest BCUT2D eigenvalue weighted by Gasteiger charge is -2.41. The molecule has 1 amide bonds. The summed E-state index contributed by atoms with van der Waals surface area (Å²) in [7, 11) is 1.45. The molecule has 21 heavy (non-hydrogen) atoms. The van der Waals surface area contributed by atoms with Crippen molar-refractivity contribution in [2.45, 2.75) is 13.8 Å². The molecule has 0 aromatic heterocycles. The molecule has 1 aromatic rings. The maximum atomic E-state index is 12.2. The molecule has 0 saturated heterocycles. The molecule has 0 bridgehead atoms. The number of rotatable bonds is 7. The molecule has 6 nitrogen and oxygen atoms in total. The first-order valence-corrected chi connectivity index (χ1v) is 7.23. The van der Waals surface area contributed by atoms with Crippen molar-refractivity contribution in [2.24, 2.45) is 0 Å². The summed E-state index contributed by atoms with van der Waals surface area (Å²) < 4.78 is 4.79. The van der Waals surface area contributed by atoms with E-state index in [-0.39, 0.29) is 22.1 Å². The van der Waals surface area contributed by atoms with Crippen LogP contribution in [0.15, 0.2) is 12.1 Å². The van der Waals surface area contributed by atoms with Gasteiger partial charge in [-0.05, 0) is 19.9 Å². The summed E-state index contributed by atoms with van der Waals surface area (Å²) in [6.45, 7) is 5.23. The predicted octanol–water partition coefficient (Wildman–Crippen LogP) is 2.01. The number of nitrogens with zero attached hydrogens (tertiary/aromatic N) is 1. The quantitative estimate of drug-likeness (QED) is 0.458. The average molecular weight is 316 g/mol. The largest absolute Gasteiger partial charge is 0.633 e. The molecule has 1 aromatic carbocycles. The molecular weight excluding hydrogens is 294 g/mol. The van der Waals surface area contributed by atoms with Crippen molar-refractivity contribution in [3.05, 3.63) is 27.9 Å². The van der Waals surface area contributed by atoms with Gasteiger partial charge < -0.3 is 25.6 Å². The van der Waals surface area contributed by atoms with E-state index in [1.807, 2.05) is 13.8 Å². The number of nitrogens with two attached hydrogens (primary N) is 1. The highest BCUT2D eigenvalue weighted by Crippen LogP contribution is 2.28. The van der Waals surface area contributed by atoms with Gasteiger partial charge >= 0.3 is 0 Å². The zero-order chi connectivity index (χ0) is 16.0. The van der Waals surface area contributed by atoms with Gasteiger partial charge in [0.1, 0.15) is 5.75 Å². The summed E-state index contributed by atoms with van der Waals surface area (Å²) in [6, 6.07) is 2.97. The van der Waals surface area contributed by atoms with Gasteiger partial charge in [-0.3, -0.25) is 4.79 Å². The normalized spacial score (nSPS) is 11.3. The number of likely N-dealkylation sites (N-methyl/N-ethyl adjacent to an activating group) is 1. The third-order valence-electron chi connectivity index (χ3n) is 3.52. The van der Waals surface area contributed by atoms with E-state index in [1.54, 1.807) is 0 Å². The van der Waals surface area contributed by atoms with E-state index in [4.69, 9.17) is 22.1 Å². The molecule has 0 fully saturated rings. The Balaban J connectivity index is 2.74. The molecule has 0 aliphatic rings. The second-order valence-corrected chi connectivity index (χ2v) is 5.15. The van der Waals surface area contributed by atoms with Gasteiger partial charge in [0.15, 0.2) is 0 Å². The molecule has 0 atom stereocenters. The number of halogens is 1. The first-order valence-electron chi connectivity index (χ1n) is 6.85. The summed E-state index contributed by atoms with van der Waals surface area (Å²) in [5, 5.41) is 15.1. The highest BCUT2D eigenvalue weighted by Gasteiger charge is 2.16. The number of hydroxylamine groups is 3. The van der Waals surface area contributed by atoms with E-state index >= 15 is 0 Å². The average Bonchev–Trinajstić information content (AvgIpc) is 2.49. The van der Waals surface area contributed by atoms with Gasteiger partial charge in [0.25, 0.3) is 5.91 Å². The molecule has 0 aliphatic carbocycles. The van der Waals surface area contributed by atoms with E-state index in [0.717, 1.165) is 0 Å². The number of quaternary nitrogens is 1. The van der Waals surface area contributed by atoms with Crippen LogP contribution in [0.4, 0.5) is 5.69 Å². The van der Waals surface area contributed by atoms with Crippen LogP contribution in [0, 0.1) is 5.21 Å². The van der Waals surface area contributed by atoms with Crippen LogP contribution in [0.5, 0.6) is 5.75 Å². The second kappa shape index (κ2) is 7.49. The number of carbonyl (C=O) groups is 1. The third-order valence-corrected chi connectivity index (χ3v) is 3.85.